The van der Waals surface area contributed by atoms with Crippen LogP contribution in [0.1, 0.15) is 5.56 Å². The number of rotatable bonds is 7. The molecule has 10 heteroatoms. The van der Waals surface area contributed by atoms with Crippen molar-refractivity contribution in [1.29, 1.82) is 0 Å². The average molecular weight is 456 g/mol. The van der Waals surface area contributed by atoms with Crippen molar-refractivity contribution in [1.82, 2.24) is 13.9 Å². The molecule has 0 spiro atoms. The van der Waals surface area contributed by atoms with Gasteiger partial charge in [-0.25, -0.2) is 17.7 Å². The molecule has 3 rings (SSSR count). The van der Waals surface area contributed by atoms with Gasteiger partial charge in [0, 0.05) is 19.8 Å². The molecule has 30 heavy (non-hydrogen) atoms. The van der Waals surface area contributed by atoms with Crippen molar-refractivity contribution >= 4 is 21.8 Å². The second kappa shape index (κ2) is 8.83. The first-order valence-corrected chi connectivity index (χ1v) is 11.3. The van der Waals surface area contributed by atoms with Gasteiger partial charge < -0.3 is 4.57 Å². The standard InChI is InChI=1S/C20H20F3N3O2S2/c1-25(2)30(27,28)17-10-6-7-15(11-17)13-29-19-24-12-18(16-8-4-3-5-9-16)26(19)14-20(21,22)23/h3-12H,13-14H2,1-2H3. The Morgan fingerprint density at radius 3 is 2.40 bits per heavy atom. The maximum Gasteiger partial charge on any atom is 0.406 e. The third-order valence-corrected chi connectivity index (χ3v) is 7.14. The highest BCUT2D eigenvalue weighted by Crippen LogP contribution is 2.31. The van der Waals surface area contributed by atoms with Gasteiger partial charge in [-0.1, -0.05) is 54.2 Å². The van der Waals surface area contributed by atoms with Crippen molar-refractivity contribution in [3.63, 3.8) is 0 Å². The first kappa shape index (κ1) is 22.4. The van der Waals surface area contributed by atoms with Gasteiger partial charge in [-0.05, 0) is 23.3 Å². The third-order valence-electron chi connectivity index (χ3n) is 4.27. The van der Waals surface area contributed by atoms with Gasteiger partial charge in [0.15, 0.2) is 5.16 Å². The summed E-state index contributed by atoms with van der Waals surface area (Å²) in [4.78, 5) is 4.32. The molecule has 5 nitrogen and oxygen atoms in total. The van der Waals surface area contributed by atoms with E-state index in [9.17, 15) is 21.6 Å². The number of hydrogen-bond acceptors (Lipinski definition) is 4. The van der Waals surface area contributed by atoms with Gasteiger partial charge >= 0.3 is 6.18 Å². The summed E-state index contributed by atoms with van der Waals surface area (Å²) < 4.78 is 66.4. The van der Waals surface area contributed by atoms with Gasteiger partial charge in [0.05, 0.1) is 16.8 Å². The minimum absolute atomic E-state index is 0.134. The van der Waals surface area contributed by atoms with E-state index in [1.54, 1.807) is 42.5 Å². The maximum atomic E-state index is 13.2. The molecule has 1 aromatic heterocycles. The topological polar surface area (TPSA) is 55.2 Å². The average Bonchev–Trinajstić information content (AvgIpc) is 3.08. The van der Waals surface area contributed by atoms with Crippen molar-refractivity contribution in [3.8, 4) is 11.3 Å². The Bertz CT molecular complexity index is 1110. The molecule has 0 bridgehead atoms. The molecule has 0 aliphatic heterocycles. The number of nitrogens with zero attached hydrogens (tertiary/aromatic N) is 3. The molecule has 0 atom stereocenters. The predicted molar refractivity (Wildman–Crippen MR) is 111 cm³/mol. The molecular weight excluding hydrogens is 435 g/mol. The summed E-state index contributed by atoms with van der Waals surface area (Å²) >= 11 is 1.13. The minimum Gasteiger partial charge on any atom is -0.310 e. The van der Waals surface area contributed by atoms with Crippen LogP contribution in [0.4, 0.5) is 13.2 Å². The largest absolute Gasteiger partial charge is 0.406 e. The number of sulfonamides is 1. The second-order valence-electron chi connectivity index (χ2n) is 6.72. The molecule has 0 radical (unpaired) electrons. The molecular formula is C20H20F3N3O2S2. The zero-order chi connectivity index (χ0) is 21.9. The van der Waals surface area contributed by atoms with Crippen molar-refractivity contribution in [2.24, 2.45) is 0 Å². The highest BCUT2D eigenvalue weighted by Gasteiger charge is 2.30. The van der Waals surface area contributed by atoms with E-state index in [-0.39, 0.29) is 15.8 Å². The minimum atomic E-state index is -4.40. The lowest BCUT2D eigenvalue weighted by atomic mass is 10.2. The van der Waals surface area contributed by atoms with Crippen molar-refractivity contribution in [2.75, 3.05) is 14.1 Å². The molecule has 0 saturated heterocycles. The molecule has 2 aromatic carbocycles. The SMILES string of the molecule is CN(C)S(=O)(=O)c1cccc(CSc2ncc(-c3ccccc3)n2CC(F)(F)F)c1. The summed E-state index contributed by atoms with van der Waals surface area (Å²) in [6.07, 6.45) is -2.98. The molecule has 0 saturated carbocycles. The number of thioether (sulfide) groups is 1. The molecule has 0 unspecified atom stereocenters. The van der Waals surface area contributed by atoms with E-state index in [1.807, 2.05) is 0 Å². The van der Waals surface area contributed by atoms with E-state index in [1.165, 1.54) is 32.4 Å². The Labute approximate surface area is 177 Å². The number of hydrogen-bond donors (Lipinski definition) is 0. The van der Waals surface area contributed by atoms with Crippen LogP contribution in [-0.2, 0) is 22.3 Å². The fourth-order valence-electron chi connectivity index (χ4n) is 2.80. The Morgan fingerprint density at radius 1 is 1.07 bits per heavy atom. The Balaban J connectivity index is 1.88. The number of halogens is 3. The Hall–Kier alpha value is -2.30. The maximum absolute atomic E-state index is 13.2. The van der Waals surface area contributed by atoms with Crippen molar-refractivity contribution in [2.45, 2.75) is 28.5 Å². The van der Waals surface area contributed by atoms with Crippen LogP contribution in [0.25, 0.3) is 11.3 Å². The number of imidazole rings is 1. The van der Waals surface area contributed by atoms with E-state index < -0.39 is 22.7 Å². The Morgan fingerprint density at radius 2 is 1.77 bits per heavy atom. The second-order valence-corrected chi connectivity index (χ2v) is 9.81. The van der Waals surface area contributed by atoms with Gasteiger partial charge in [0.2, 0.25) is 10.0 Å². The quantitative estimate of drug-likeness (QED) is 0.487. The number of aromatic nitrogens is 2. The molecule has 0 aliphatic rings. The summed E-state index contributed by atoms with van der Waals surface area (Å²) in [5.41, 5.74) is 1.69. The fraction of sp³-hybridized carbons (Fsp3) is 0.250. The number of alkyl halides is 3. The Kier molecular flexibility index (Phi) is 6.59. The summed E-state index contributed by atoms with van der Waals surface area (Å²) in [6, 6.07) is 15.1. The van der Waals surface area contributed by atoms with Gasteiger partial charge in [-0.3, -0.25) is 0 Å². The number of benzene rings is 2. The lowest BCUT2D eigenvalue weighted by Crippen LogP contribution is -2.22. The van der Waals surface area contributed by atoms with Crippen LogP contribution in [0.3, 0.4) is 0 Å². The van der Waals surface area contributed by atoms with Crippen LogP contribution in [0.15, 0.2) is 70.8 Å². The lowest BCUT2D eigenvalue weighted by molar-refractivity contribution is -0.141. The van der Waals surface area contributed by atoms with Crippen LogP contribution in [0.2, 0.25) is 0 Å². The van der Waals surface area contributed by atoms with Crippen LogP contribution in [0.5, 0.6) is 0 Å². The molecule has 0 fully saturated rings. The van der Waals surface area contributed by atoms with Crippen LogP contribution < -0.4 is 0 Å². The molecule has 0 amide bonds. The van der Waals surface area contributed by atoms with E-state index in [0.717, 1.165) is 20.6 Å². The normalized spacial score (nSPS) is 12.5. The van der Waals surface area contributed by atoms with E-state index >= 15 is 0 Å². The summed E-state index contributed by atoms with van der Waals surface area (Å²) in [5.74, 6) is 0.278. The summed E-state index contributed by atoms with van der Waals surface area (Å²) in [6.45, 7) is -1.16. The van der Waals surface area contributed by atoms with E-state index in [2.05, 4.69) is 4.98 Å². The first-order chi connectivity index (χ1) is 14.1. The molecule has 160 valence electrons. The predicted octanol–water partition coefficient (Wildman–Crippen LogP) is 4.66. The zero-order valence-corrected chi connectivity index (χ0v) is 17.9. The summed E-state index contributed by atoms with van der Waals surface area (Å²) in [5, 5.41) is 0.215. The first-order valence-electron chi connectivity index (χ1n) is 8.90. The molecule has 1 heterocycles. The smallest absolute Gasteiger partial charge is 0.310 e. The van der Waals surface area contributed by atoms with Gasteiger partial charge in [-0.2, -0.15) is 13.2 Å². The lowest BCUT2D eigenvalue weighted by Gasteiger charge is -2.14. The van der Waals surface area contributed by atoms with Gasteiger partial charge in [0.25, 0.3) is 0 Å². The zero-order valence-electron chi connectivity index (χ0n) is 16.3. The van der Waals surface area contributed by atoms with Crippen LogP contribution in [0, 0.1) is 0 Å². The molecule has 0 N–H and O–H groups in total. The summed E-state index contributed by atoms with van der Waals surface area (Å²) in [7, 11) is -0.711. The molecule has 3 aromatic rings. The van der Waals surface area contributed by atoms with E-state index in [4.69, 9.17) is 0 Å². The molecule has 0 aliphatic carbocycles. The fourth-order valence-corrected chi connectivity index (χ4v) is 4.69. The highest BCUT2D eigenvalue weighted by molar-refractivity contribution is 7.98. The third kappa shape index (κ3) is 5.24. The van der Waals surface area contributed by atoms with Gasteiger partial charge in [-0.15, -0.1) is 0 Å². The van der Waals surface area contributed by atoms with Gasteiger partial charge in [0.1, 0.15) is 6.54 Å². The van der Waals surface area contributed by atoms with Crippen LogP contribution >= 0.6 is 11.8 Å². The van der Waals surface area contributed by atoms with Crippen molar-refractivity contribution in [3.05, 3.63) is 66.4 Å². The monoisotopic (exact) mass is 455 g/mol. The van der Waals surface area contributed by atoms with E-state index in [0.29, 0.717) is 16.8 Å². The van der Waals surface area contributed by atoms with Crippen LogP contribution in [-0.4, -0.2) is 42.5 Å². The highest BCUT2D eigenvalue weighted by atomic mass is 32.2. The van der Waals surface area contributed by atoms with Crippen molar-refractivity contribution < 1.29 is 21.6 Å².